The maximum atomic E-state index is 14.9. The van der Waals surface area contributed by atoms with E-state index in [9.17, 15) is 18.4 Å². The van der Waals surface area contributed by atoms with Crippen LogP contribution in [0.4, 0.5) is 19.3 Å². The van der Waals surface area contributed by atoms with E-state index in [-0.39, 0.29) is 48.6 Å². The molecule has 0 saturated carbocycles. The largest absolute Gasteiger partial charge is 0.442 e. The van der Waals surface area contributed by atoms with E-state index in [0.717, 1.165) is 11.1 Å². The standard InChI is InChI=1S/C25H25F2N5O3/c1-15(32-13-18(11-30-32)17-3-5-19(26)6-4-17)9-24(28)22-8-7-20(10-23(22)27)31-14-21(35-25(31)34)12-29-16(2)33/h3-8,10-11,13,15,21,28H,9,12,14H2,1-2H3,(H,29,33)/t15-,21+/m1/s1. The molecule has 0 spiro atoms. The van der Waals surface area contributed by atoms with Gasteiger partial charge in [0.25, 0.3) is 0 Å². The molecule has 2 amide bonds. The lowest BCUT2D eigenvalue weighted by Gasteiger charge is -2.16. The number of nitrogens with zero attached hydrogens (tertiary/aromatic N) is 3. The summed E-state index contributed by atoms with van der Waals surface area (Å²) in [6.45, 7) is 3.60. The molecule has 2 aromatic carbocycles. The Morgan fingerprint density at radius 3 is 2.66 bits per heavy atom. The summed E-state index contributed by atoms with van der Waals surface area (Å²) in [6.07, 6.45) is 2.55. The number of ether oxygens (including phenoxy) is 1. The quantitative estimate of drug-likeness (QED) is 0.468. The van der Waals surface area contributed by atoms with Crippen molar-refractivity contribution in [2.75, 3.05) is 18.0 Å². The smallest absolute Gasteiger partial charge is 0.414 e. The predicted molar refractivity (Wildman–Crippen MR) is 126 cm³/mol. The number of anilines is 1. The Balaban J connectivity index is 1.41. The van der Waals surface area contributed by atoms with E-state index >= 15 is 0 Å². The van der Waals surface area contributed by atoms with Gasteiger partial charge in [0.2, 0.25) is 5.91 Å². The first-order valence-electron chi connectivity index (χ1n) is 11.1. The van der Waals surface area contributed by atoms with Gasteiger partial charge in [0.15, 0.2) is 0 Å². The van der Waals surface area contributed by atoms with Crippen molar-refractivity contribution in [2.24, 2.45) is 0 Å². The van der Waals surface area contributed by atoms with Crippen LogP contribution in [0, 0.1) is 17.0 Å². The maximum Gasteiger partial charge on any atom is 0.414 e. The van der Waals surface area contributed by atoms with Crippen molar-refractivity contribution in [3.8, 4) is 11.1 Å². The molecule has 2 N–H and O–H groups in total. The highest BCUT2D eigenvalue weighted by molar-refractivity contribution is 5.99. The average molecular weight is 482 g/mol. The summed E-state index contributed by atoms with van der Waals surface area (Å²) in [4.78, 5) is 24.6. The molecule has 1 saturated heterocycles. The van der Waals surface area contributed by atoms with Crippen molar-refractivity contribution in [1.82, 2.24) is 15.1 Å². The highest BCUT2D eigenvalue weighted by Crippen LogP contribution is 2.26. The van der Waals surface area contributed by atoms with Gasteiger partial charge < -0.3 is 15.5 Å². The molecule has 0 bridgehead atoms. The molecule has 0 aliphatic carbocycles. The fourth-order valence-electron chi connectivity index (χ4n) is 3.88. The first-order valence-corrected chi connectivity index (χ1v) is 11.1. The molecule has 2 heterocycles. The van der Waals surface area contributed by atoms with Crippen LogP contribution in [0.1, 0.15) is 31.9 Å². The molecule has 0 radical (unpaired) electrons. The third kappa shape index (κ3) is 5.53. The second-order valence-electron chi connectivity index (χ2n) is 8.47. The lowest BCUT2D eigenvalue weighted by Crippen LogP contribution is -2.33. The molecule has 2 atom stereocenters. The number of amides is 2. The number of benzene rings is 2. The SMILES string of the molecule is CC(=O)NC[C@H]1CN(c2ccc(C(=N)C[C@@H](C)n3cc(-c4ccc(F)cc4)cn3)c(F)c2)C(=O)O1. The van der Waals surface area contributed by atoms with Gasteiger partial charge in [-0.25, -0.2) is 13.6 Å². The molecule has 8 nitrogen and oxygen atoms in total. The van der Waals surface area contributed by atoms with Crippen molar-refractivity contribution in [3.05, 3.63) is 72.1 Å². The summed E-state index contributed by atoms with van der Waals surface area (Å²) >= 11 is 0. The fraction of sp³-hybridized carbons (Fsp3) is 0.280. The van der Waals surface area contributed by atoms with Gasteiger partial charge in [0.1, 0.15) is 17.7 Å². The van der Waals surface area contributed by atoms with Crippen molar-refractivity contribution in [2.45, 2.75) is 32.4 Å². The summed E-state index contributed by atoms with van der Waals surface area (Å²) in [7, 11) is 0. The predicted octanol–water partition coefficient (Wildman–Crippen LogP) is 4.31. The monoisotopic (exact) mass is 481 g/mol. The van der Waals surface area contributed by atoms with Gasteiger partial charge in [-0.1, -0.05) is 12.1 Å². The van der Waals surface area contributed by atoms with Crippen LogP contribution in [0.5, 0.6) is 0 Å². The van der Waals surface area contributed by atoms with E-state index in [4.69, 9.17) is 10.1 Å². The number of hydrogen-bond donors (Lipinski definition) is 2. The number of cyclic esters (lactones) is 1. The third-order valence-electron chi connectivity index (χ3n) is 5.77. The zero-order chi connectivity index (χ0) is 25.1. The van der Waals surface area contributed by atoms with E-state index in [0.29, 0.717) is 5.69 Å². The van der Waals surface area contributed by atoms with E-state index in [1.165, 1.54) is 36.1 Å². The van der Waals surface area contributed by atoms with Gasteiger partial charge in [-0.05, 0) is 42.8 Å². The molecule has 1 aliphatic heterocycles. The molecule has 0 unspecified atom stereocenters. The molecular formula is C25H25F2N5O3. The van der Waals surface area contributed by atoms with Crippen LogP contribution < -0.4 is 10.2 Å². The normalized spacial score (nSPS) is 16.2. The summed E-state index contributed by atoms with van der Waals surface area (Å²) < 4.78 is 35.0. The molecule has 3 aromatic rings. The minimum Gasteiger partial charge on any atom is -0.442 e. The number of aromatic nitrogens is 2. The van der Waals surface area contributed by atoms with Crippen molar-refractivity contribution < 1.29 is 23.1 Å². The molecule has 1 aliphatic rings. The van der Waals surface area contributed by atoms with E-state index in [2.05, 4.69) is 10.4 Å². The zero-order valence-electron chi connectivity index (χ0n) is 19.3. The minimum absolute atomic E-state index is 0.0907. The number of carbonyl (C=O) groups is 2. The van der Waals surface area contributed by atoms with Gasteiger partial charge in [-0.3, -0.25) is 14.4 Å². The third-order valence-corrected chi connectivity index (χ3v) is 5.77. The summed E-state index contributed by atoms with van der Waals surface area (Å²) in [5, 5.41) is 15.4. The lowest BCUT2D eigenvalue weighted by atomic mass is 10.0. The number of nitrogens with one attached hydrogen (secondary N) is 2. The summed E-state index contributed by atoms with van der Waals surface area (Å²) in [6, 6.07) is 10.1. The summed E-state index contributed by atoms with van der Waals surface area (Å²) in [5.41, 5.74) is 2.18. The van der Waals surface area contributed by atoms with Crippen LogP contribution in [0.25, 0.3) is 11.1 Å². The fourth-order valence-corrected chi connectivity index (χ4v) is 3.88. The van der Waals surface area contributed by atoms with Crippen LogP contribution in [0.15, 0.2) is 54.9 Å². The number of hydrogen-bond acceptors (Lipinski definition) is 5. The van der Waals surface area contributed by atoms with Gasteiger partial charge in [-0.15, -0.1) is 0 Å². The van der Waals surface area contributed by atoms with Crippen LogP contribution in [0.3, 0.4) is 0 Å². The second kappa shape index (κ2) is 10.0. The van der Waals surface area contributed by atoms with Crippen molar-refractivity contribution in [1.29, 1.82) is 5.41 Å². The van der Waals surface area contributed by atoms with Gasteiger partial charge in [-0.2, -0.15) is 5.10 Å². The van der Waals surface area contributed by atoms with Crippen molar-refractivity contribution in [3.63, 3.8) is 0 Å². The molecule has 35 heavy (non-hydrogen) atoms. The zero-order valence-corrected chi connectivity index (χ0v) is 19.3. The Labute approximate surface area is 201 Å². The number of carbonyl (C=O) groups excluding carboxylic acids is 2. The lowest BCUT2D eigenvalue weighted by molar-refractivity contribution is -0.119. The van der Waals surface area contributed by atoms with Crippen LogP contribution in [-0.4, -0.2) is 46.7 Å². The number of rotatable bonds is 8. The molecule has 1 aromatic heterocycles. The van der Waals surface area contributed by atoms with Crippen LogP contribution in [-0.2, 0) is 9.53 Å². The molecule has 1 fully saturated rings. The Kier molecular flexibility index (Phi) is 6.90. The molecule has 4 rings (SSSR count). The first kappa shape index (κ1) is 24.1. The minimum atomic E-state index is -0.620. The molecule has 10 heteroatoms. The Hall–Kier alpha value is -4.08. The molecule has 182 valence electrons. The highest BCUT2D eigenvalue weighted by Gasteiger charge is 2.32. The Morgan fingerprint density at radius 2 is 1.97 bits per heavy atom. The summed E-state index contributed by atoms with van der Waals surface area (Å²) in [5.74, 6) is -1.17. The Bertz CT molecular complexity index is 1260. The second-order valence-corrected chi connectivity index (χ2v) is 8.47. The van der Waals surface area contributed by atoms with Crippen molar-refractivity contribution >= 4 is 23.4 Å². The molecular weight excluding hydrogens is 456 g/mol. The van der Waals surface area contributed by atoms with Crippen LogP contribution >= 0.6 is 0 Å². The topological polar surface area (TPSA) is 100 Å². The maximum absolute atomic E-state index is 14.9. The van der Waals surface area contributed by atoms with Gasteiger partial charge in [0, 0.05) is 36.4 Å². The number of halogens is 2. The van der Waals surface area contributed by atoms with Gasteiger partial charge in [0.05, 0.1) is 31.0 Å². The van der Waals surface area contributed by atoms with E-state index in [1.807, 2.05) is 6.92 Å². The highest BCUT2D eigenvalue weighted by atomic mass is 19.1. The van der Waals surface area contributed by atoms with E-state index in [1.54, 1.807) is 35.3 Å². The van der Waals surface area contributed by atoms with E-state index < -0.39 is 18.0 Å². The average Bonchev–Trinajstić information content (AvgIpc) is 3.45. The first-order chi connectivity index (χ1) is 16.7. The van der Waals surface area contributed by atoms with Crippen LogP contribution in [0.2, 0.25) is 0 Å². The van der Waals surface area contributed by atoms with Gasteiger partial charge >= 0.3 is 6.09 Å². The Morgan fingerprint density at radius 1 is 1.23 bits per heavy atom.